The number of ether oxygens (including phenoxy) is 1. The van der Waals surface area contributed by atoms with Gasteiger partial charge in [-0.2, -0.15) is 0 Å². The number of anilines is 1. The van der Waals surface area contributed by atoms with Gasteiger partial charge < -0.3 is 14.6 Å². The second kappa shape index (κ2) is 8.91. The fourth-order valence-electron chi connectivity index (χ4n) is 2.73. The highest BCUT2D eigenvalue weighted by atomic mass is 32.2. The van der Waals surface area contributed by atoms with E-state index in [4.69, 9.17) is 4.74 Å². The van der Waals surface area contributed by atoms with Gasteiger partial charge in [-0.3, -0.25) is 9.59 Å². The molecule has 1 atom stereocenters. The van der Waals surface area contributed by atoms with Crippen molar-refractivity contribution in [2.24, 2.45) is 7.05 Å². The fourth-order valence-corrected chi connectivity index (χ4v) is 3.54. The number of hydrogen-bond acceptors (Lipinski definition) is 6. The number of thioether (sulfide) groups is 1. The second-order valence-corrected chi connectivity index (χ2v) is 7.76. The van der Waals surface area contributed by atoms with Crippen LogP contribution in [-0.4, -0.2) is 38.8 Å². The maximum absolute atomic E-state index is 12.5. The summed E-state index contributed by atoms with van der Waals surface area (Å²) in [6, 6.07) is 14.4. The first-order valence-corrected chi connectivity index (χ1v) is 9.90. The molecular formula is C21H22N4O3S. The van der Waals surface area contributed by atoms with Crippen LogP contribution in [0.15, 0.2) is 53.7 Å². The molecule has 7 nitrogen and oxygen atoms in total. The summed E-state index contributed by atoms with van der Waals surface area (Å²) in [6.45, 7) is 3.31. The number of carbonyl (C=O) groups excluding carboxylic acids is 2. The second-order valence-electron chi connectivity index (χ2n) is 6.45. The summed E-state index contributed by atoms with van der Waals surface area (Å²) in [5.74, 6) is 1.20. The first-order chi connectivity index (χ1) is 13.9. The lowest BCUT2D eigenvalue weighted by atomic mass is 10.1. The SMILES string of the molecule is COc1ccccc1-c1nnc(S[C@@H](C)C(=O)Nc2ccc(C(C)=O)cc2)n1C. The van der Waals surface area contributed by atoms with Crippen molar-refractivity contribution in [3.05, 3.63) is 54.1 Å². The molecule has 0 aliphatic heterocycles. The summed E-state index contributed by atoms with van der Waals surface area (Å²) in [7, 11) is 3.47. The van der Waals surface area contributed by atoms with Gasteiger partial charge in [0.05, 0.1) is 17.9 Å². The van der Waals surface area contributed by atoms with E-state index in [1.807, 2.05) is 35.9 Å². The van der Waals surface area contributed by atoms with Crippen molar-refractivity contribution in [1.82, 2.24) is 14.8 Å². The zero-order valence-electron chi connectivity index (χ0n) is 16.7. The maximum atomic E-state index is 12.5. The number of carbonyl (C=O) groups is 2. The largest absolute Gasteiger partial charge is 0.496 e. The summed E-state index contributed by atoms with van der Waals surface area (Å²) < 4.78 is 7.24. The molecule has 0 fully saturated rings. The number of methoxy groups -OCH3 is 1. The van der Waals surface area contributed by atoms with Gasteiger partial charge in [0.1, 0.15) is 5.75 Å². The predicted molar refractivity (Wildman–Crippen MR) is 113 cm³/mol. The van der Waals surface area contributed by atoms with Crippen molar-refractivity contribution < 1.29 is 14.3 Å². The van der Waals surface area contributed by atoms with Gasteiger partial charge >= 0.3 is 0 Å². The van der Waals surface area contributed by atoms with Crippen LogP contribution < -0.4 is 10.1 Å². The van der Waals surface area contributed by atoms with Crippen molar-refractivity contribution in [2.45, 2.75) is 24.3 Å². The van der Waals surface area contributed by atoms with E-state index in [9.17, 15) is 9.59 Å². The lowest BCUT2D eigenvalue weighted by Gasteiger charge is -2.12. The zero-order valence-corrected chi connectivity index (χ0v) is 17.5. The number of hydrogen-bond donors (Lipinski definition) is 1. The number of Topliss-reactive ketones (excluding diaryl/α,β-unsaturated/α-hetero) is 1. The quantitative estimate of drug-likeness (QED) is 0.471. The van der Waals surface area contributed by atoms with Crippen molar-refractivity contribution in [1.29, 1.82) is 0 Å². The molecular weight excluding hydrogens is 388 g/mol. The summed E-state index contributed by atoms with van der Waals surface area (Å²) in [4.78, 5) is 23.9. The molecule has 150 valence electrons. The number of ketones is 1. The van der Waals surface area contributed by atoms with Gasteiger partial charge in [-0.25, -0.2) is 0 Å². The highest BCUT2D eigenvalue weighted by Gasteiger charge is 2.20. The van der Waals surface area contributed by atoms with Crippen LogP contribution in [0, 0.1) is 0 Å². The molecule has 0 radical (unpaired) electrons. The van der Waals surface area contributed by atoms with Crippen LogP contribution in [0.25, 0.3) is 11.4 Å². The van der Waals surface area contributed by atoms with Crippen molar-refractivity contribution in [2.75, 3.05) is 12.4 Å². The Morgan fingerprint density at radius 1 is 1.10 bits per heavy atom. The van der Waals surface area contributed by atoms with Gasteiger partial charge in [-0.05, 0) is 50.2 Å². The van der Waals surface area contributed by atoms with Crippen LogP contribution in [-0.2, 0) is 11.8 Å². The number of amides is 1. The highest BCUT2D eigenvalue weighted by Crippen LogP contribution is 2.31. The predicted octanol–water partition coefficient (Wildman–Crippen LogP) is 3.81. The number of para-hydroxylation sites is 1. The first kappa shape index (κ1) is 20.6. The summed E-state index contributed by atoms with van der Waals surface area (Å²) in [5, 5.41) is 11.6. The molecule has 0 bridgehead atoms. The Morgan fingerprint density at radius 2 is 1.79 bits per heavy atom. The van der Waals surface area contributed by atoms with Crippen LogP contribution in [0.2, 0.25) is 0 Å². The molecule has 3 aromatic rings. The van der Waals surface area contributed by atoms with Crippen LogP contribution in [0.4, 0.5) is 5.69 Å². The van der Waals surface area contributed by atoms with Gasteiger partial charge in [0.2, 0.25) is 5.91 Å². The normalized spacial score (nSPS) is 11.7. The van der Waals surface area contributed by atoms with Gasteiger partial charge in [0, 0.05) is 18.3 Å². The monoisotopic (exact) mass is 410 g/mol. The average molecular weight is 410 g/mol. The van der Waals surface area contributed by atoms with E-state index in [2.05, 4.69) is 15.5 Å². The number of rotatable bonds is 7. The zero-order chi connectivity index (χ0) is 21.0. The lowest BCUT2D eigenvalue weighted by molar-refractivity contribution is -0.115. The van der Waals surface area contributed by atoms with Gasteiger partial charge in [0.15, 0.2) is 16.8 Å². The number of nitrogens with zero attached hydrogens (tertiary/aromatic N) is 3. The Balaban J connectivity index is 1.70. The highest BCUT2D eigenvalue weighted by molar-refractivity contribution is 8.00. The molecule has 29 heavy (non-hydrogen) atoms. The molecule has 8 heteroatoms. The molecule has 1 heterocycles. The average Bonchev–Trinajstić information content (AvgIpc) is 3.08. The molecule has 3 rings (SSSR count). The molecule has 0 saturated carbocycles. The topological polar surface area (TPSA) is 86.1 Å². The van der Waals surface area contributed by atoms with Crippen LogP contribution in [0.3, 0.4) is 0 Å². The summed E-state index contributed by atoms with van der Waals surface area (Å²) in [5.41, 5.74) is 2.08. The van der Waals surface area contributed by atoms with Crippen molar-refractivity contribution >= 4 is 29.1 Å². The van der Waals surface area contributed by atoms with Crippen LogP contribution in [0.5, 0.6) is 5.75 Å². The molecule has 0 saturated heterocycles. The van der Waals surface area contributed by atoms with E-state index >= 15 is 0 Å². The number of benzene rings is 2. The minimum absolute atomic E-state index is 0.0140. The standard InChI is InChI=1S/C21H22N4O3S/c1-13(26)15-9-11-16(12-10-15)22-20(27)14(2)29-21-24-23-19(25(21)3)17-7-5-6-8-18(17)28-4/h5-12,14H,1-4H3,(H,22,27)/t14-/m0/s1. The number of aromatic nitrogens is 3. The molecule has 0 aliphatic rings. The van der Waals surface area contributed by atoms with Crippen LogP contribution in [0.1, 0.15) is 24.2 Å². The summed E-state index contributed by atoms with van der Waals surface area (Å²) in [6.07, 6.45) is 0. The van der Waals surface area contributed by atoms with Gasteiger partial charge in [-0.1, -0.05) is 23.9 Å². The third-order valence-corrected chi connectivity index (χ3v) is 5.53. The molecule has 1 aromatic heterocycles. The van der Waals surface area contributed by atoms with Crippen molar-refractivity contribution in [3.8, 4) is 17.1 Å². The van der Waals surface area contributed by atoms with E-state index in [0.717, 1.165) is 5.56 Å². The Morgan fingerprint density at radius 3 is 2.45 bits per heavy atom. The van der Waals surface area contributed by atoms with Crippen LogP contribution >= 0.6 is 11.8 Å². The number of nitrogens with one attached hydrogen (secondary N) is 1. The smallest absolute Gasteiger partial charge is 0.237 e. The molecule has 1 N–H and O–H groups in total. The third-order valence-electron chi connectivity index (χ3n) is 4.39. The Bertz CT molecular complexity index is 1030. The van der Waals surface area contributed by atoms with Crippen molar-refractivity contribution in [3.63, 3.8) is 0 Å². The van der Waals surface area contributed by atoms with E-state index in [1.165, 1.54) is 18.7 Å². The minimum Gasteiger partial charge on any atom is -0.496 e. The maximum Gasteiger partial charge on any atom is 0.237 e. The first-order valence-electron chi connectivity index (χ1n) is 9.02. The molecule has 0 spiro atoms. The molecule has 0 aliphatic carbocycles. The molecule has 0 unspecified atom stereocenters. The Labute approximate surface area is 173 Å². The van der Waals surface area contributed by atoms with E-state index < -0.39 is 5.25 Å². The summed E-state index contributed by atoms with van der Waals surface area (Å²) >= 11 is 1.32. The van der Waals surface area contributed by atoms with Gasteiger partial charge in [0.25, 0.3) is 0 Å². The third kappa shape index (κ3) is 4.65. The van der Waals surface area contributed by atoms with Gasteiger partial charge in [-0.15, -0.1) is 10.2 Å². The molecule has 2 aromatic carbocycles. The van der Waals surface area contributed by atoms with E-state index in [-0.39, 0.29) is 11.7 Å². The Kier molecular flexibility index (Phi) is 6.33. The Hall–Kier alpha value is -3.13. The fraction of sp³-hybridized carbons (Fsp3) is 0.238. The van der Waals surface area contributed by atoms with E-state index in [0.29, 0.717) is 28.0 Å². The minimum atomic E-state index is -0.393. The van der Waals surface area contributed by atoms with E-state index in [1.54, 1.807) is 38.3 Å². The lowest BCUT2D eigenvalue weighted by Crippen LogP contribution is -2.22. The molecule has 1 amide bonds.